The third kappa shape index (κ3) is 15.0. The maximum absolute atomic E-state index is 8.96. The molecular formula is C6H15AlMgO10-2. The summed E-state index contributed by atoms with van der Waals surface area (Å²) in [5, 5.41) is 52.2. The number of aliphatic hydroxyl groups excluding tert-OH is 6. The van der Waals surface area contributed by atoms with E-state index in [9.17, 15) is 0 Å². The molecule has 0 heterocycles. The minimum absolute atomic E-state index is 0. The van der Waals surface area contributed by atoms with Gasteiger partial charge in [0.15, 0.2) is 0 Å². The molecule has 0 aliphatic rings. The Labute approximate surface area is 130 Å². The van der Waals surface area contributed by atoms with E-state index in [1.807, 2.05) is 0 Å². The van der Waals surface area contributed by atoms with Crippen molar-refractivity contribution in [3.8, 4) is 0 Å². The summed E-state index contributed by atoms with van der Waals surface area (Å²) in [7, 11) is 0. The first-order chi connectivity index (χ1) is 5.54. The van der Waals surface area contributed by atoms with Crippen LogP contribution in [0.1, 0.15) is 0 Å². The molecule has 0 saturated carbocycles. The Hall–Kier alpha value is 0.899. The monoisotopic (exact) mass is 298 g/mol. The van der Waals surface area contributed by atoms with Gasteiger partial charge in [0.05, 0.1) is 13.2 Å². The van der Waals surface area contributed by atoms with E-state index in [4.69, 9.17) is 30.6 Å². The van der Waals surface area contributed by atoms with Gasteiger partial charge in [0.1, 0.15) is 24.4 Å². The fraction of sp³-hybridized carbons (Fsp3) is 1.00. The summed E-state index contributed by atoms with van der Waals surface area (Å²) in [6.45, 7) is -1.45. The minimum atomic E-state index is -1.67. The molecule has 0 fully saturated rings. The molecule has 0 aromatic rings. The third-order valence-electron chi connectivity index (χ3n) is 1.51. The van der Waals surface area contributed by atoms with Crippen molar-refractivity contribution < 1.29 is 52.5 Å². The zero-order chi connectivity index (χ0) is 9.72. The molecular weight excluding hydrogens is 283 g/mol. The van der Waals surface area contributed by atoms with Gasteiger partial charge < -0.3 is 52.5 Å². The van der Waals surface area contributed by atoms with E-state index in [0.717, 1.165) is 0 Å². The van der Waals surface area contributed by atoms with Gasteiger partial charge in [-0.05, 0) is 0 Å². The van der Waals surface area contributed by atoms with Crippen LogP contribution in [0.3, 0.4) is 0 Å². The molecule has 12 heteroatoms. The quantitative estimate of drug-likeness (QED) is 0.270. The van der Waals surface area contributed by atoms with E-state index in [2.05, 4.69) is 0 Å². The Morgan fingerprint density at radius 1 is 0.667 bits per heavy atom. The summed E-state index contributed by atoms with van der Waals surface area (Å²) in [5.74, 6) is 0. The van der Waals surface area contributed by atoms with Crippen molar-refractivity contribution in [1.82, 2.24) is 0 Å². The minimum Gasteiger partial charge on any atom is -2.00 e. The van der Waals surface area contributed by atoms with Gasteiger partial charge >= 0.3 is 40.4 Å². The van der Waals surface area contributed by atoms with Crippen LogP contribution >= 0.6 is 0 Å². The molecule has 0 aromatic carbocycles. The van der Waals surface area contributed by atoms with Crippen LogP contribution in [0.4, 0.5) is 0 Å². The fourth-order valence-corrected chi connectivity index (χ4v) is 0.671. The fourth-order valence-electron chi connectivity index (χ4n) is 0.671. The van der Waals surface area contributed by atoms with Gasteiger partial charge in [-0.3, -0.25) is 0 Å². The van der Waals surface area contributed by atoms with Crippen molar-refractivity contribution >= 4 is 40.4 Å². The van der Waals surface area contributed by atoms with E-state index in [1.54, 1.807) is 0 Å². The van der Waals surface area contributed by atoms with Crippen LogP contribution < -0.4 is 0 Å². The summed E-state index contributed by atoms with van der Waals surface area (Å²) >= 11 is 0. The number of hydrogen-bond acceptors (Lipinski definition) is 7. The van der Waals surface area contributed by atoms with Crippen molar-refractivity contribution in [1.29, 1.82) is 0 Å². The van der Waals surface area contributed by atoms with Gasteiger partial charge in [-0.25, -0.2) is 0 Å². The molecule has 10 nitrogen and oxygen atoms in total. The molecule has 0 rings (SSSR count). The van der Waals surface area contributed by atoms with Crippen LogP contribution in [-0.2, 0) is 16.4 Å². The van der Waals surface area contributed by atoms with Crippen molar-refractivity contribution in [3.63, 3.8) is 0 Å². The summed E-state index contributed by atoms with van der Waals surface area (Å²) < 4.78 is 0. The van der Waals surface area contributed by atoms with E-state index < -0.39 is 37.6 Å². The molecule has 0 aliphatic heterocycles. The van der Waals surface area contributed by atoms with Crippen LogP contribution in [0.25, 0.3) is 0 Å². The average molecular weight is 298 g/mol. The zero-order valence-electron chi connectivity index (χ0n) is 9.36. The van der Waals surface area contributed by atoms with Gasteiger partial charge in [-0.1, -0.05) is 0 Å². The van der Waals surface area contributed by atoms with Crippen LogP contribution in [0, 0.1) is 0 Å². The second-order valence-corrected chi connectivity index (χ2v) is 2.48. The average Bonchev–Trinajstić information content (AvgIpc) is 2.12. The maximum Gasteiger partial charge on any atom is 3.00 e. The van der Waals surface area contributed by atoms with Crippen molar-refractivity contribution in [2.45, 2.75) is 24.4 Å². The van der Waals surface area contributed by atoms with Gasteiger partial charge in [0, 0.05) is 0 Å². The summed E-state index contributed by atoms with van der Waals surface area (Å²) in [5.41, 5.74) is 0. The largest absolute Gasteiger partial charge is 3.00 e. The molecule has 0 amide bonds. The topological polar surface area (TPSA) is 237 Å². The SMILES string of the molecule is OC[C@@H](O)[C@@H](O)[C@H](O)[C@@H](O)CO.[Al+3].[Mg+2].[O-2].[O-2].[O-2].[OH-]. The predicted octanol–water partition coefficient (Wildman–Crippen LogP) is -4.88. The number of aliphatic hydroxyl groups is 6. The van der Waals surface area contributed by atoms with Gasteiger partial charge in [-0.15, -0.1) is 0 Å². The second-order valence-electron chi connectivity index (χ2n) is 2.48. The van der Waals surface area contributed by atoms with Crippen LogP contribution in [-0.4, -0.2) is 114 Å². The predicted molar refractivity (Wildman–Crippen MR) is 53.7 cm³/mol. The molecule has 0 spiro atoms. The van der Waals surface area contributed by atoms with Crippen molar-refractivity contribution in [2.24, 2.45) is 0 Å². The first-order valence-corrected chi connectivity index (χ1v) is 3.48. The van der Waals surface area contributed by atoms with Crippen LogP contribution in [0.15, 0.2) is 0 Å². The number of rotatable bonds is 5. The molecule has 18 heavy (non-hydrogen) atoms. The smallest absolute Gasteiger partial charge is 2.00 e. The summed E-state index contributed by atoms with van der Waals surface area (Å²) in [6.07, 6.45) is -6.39. The summed E-state index contributed by atoms with van der Waals surface area (Å²) in [6, 6.07) is 0. The van der Waals surface area contributed by atoms with E-state index in [1.165, 1.54) is 0 Å². The Bertz CT molecular complexity index is 119. The van der Waals surface area contributed by atoms with Gasteiger partial charge in [0.2, 0.25) is 0 Å². The first-order valence-electron chi connectivity index (χ1n) is 3.48. The standard InChI is InChI=1S/C6H14O6.Al.Mg.H2O.3O/c7-1-3(9)5(11)6(12)4(10)2-8;;;;;;/h3-12H,1-2H2;;;1H2;;;/q;+3;+2;;3*-2/p-1/t3-,4+,5-,6-;;;;;;/m1....../s1. The van der Waals surface area contributed by atoms with Gasteiger partial charge in [-0.2, -0.15) is 0 Å². The van der Waals surface area contributed by atoms with Crippen LogP contribution in [0.2, 0.25) is 0 Å². The number of hydrogen-bond donors (Lipinski definition) is 6. The summed E-state index contributed by atoms with van der Waals surface area (Å²) in [4.78, 5) is 0. The molecule has 0 aliphatic carbocycles. The first kappa shape index (κ1) is 42.8. The molecule has 0 aromatic heterocycles. The molecule has 0 unspecified atom stereocenters. The molecule has 0 bridgehead atoms. The molecule has 4 atom stereocenters. The third-order valence-corrected chi connectivity index (χ3v) is 1.51. The molecule has 0 radical (unpaired) electrons. The van der Waals surface area contributed by atoms with Crippen LogP contribution in [0.5, 0.6) is 0 Å². The molecule has 0 saturated heterocycles. The van der Waals surface area contributed by atoms with E-state index >= 15 is 0 Å². The zero-order valence-corrected chi connectivity index (χ0v) is 11.9. The maximum atomic E-state index is 8.96. The van der Waals surface area contributed by atoms with E-state index in [-0.39, 0.29) is 62.3 Å². The Morgan fingerprint density at radius 2 is 0.833 bits per heavy atom. The van der Waals surface area contributed by atoms with Crippen molar-refractivity contribution in [3.05, 3.63) is 0 Å². The van der Waals surface area contributed by atoms with Crippen molar-refractivity contribution in [2.75, 3.05) is 13.2 Å². The van der Waals surface area contributed by atoms with E-state index in [0.29, 0.717) is 0 Å². The van der Waals surface area contributed by atoms with Gasteiger partial charge in [0.25, 0.3) is 0 Å². The Morgan fingerprint density at radius 3 is 0.944 bits per heavy atom. The molecule has 106 valence electrons. The Balaban J connectivity index is -0.0000000403. The Kier molecular flexibility index (Phi) is 54.7. The second kappa shape index (κ2) is 23.0. The normalized spacial score (nSPS) is 14.3. The molecule has 7 N–H and O–H groups in total.